The number of carbonyl (C=O) groups is 1. The van der Waals surface area contributed by atoms with Gasteiger partial charge in [-0.3, -0.25) is 9.48 Å². The van der Waals surface area contributed by atoms with Crippen molar-refractivity contribution in [1.29, 1.82) is 0 Å². The van der Waals surface area contributed by atoms with Gasteiger partial charge in [0.25, 0.3) is 0 Å². The molecule has 0 saturated carbocycles. The van der Waals surface area contributed by atoms with Gasteiger partial charge >= 0.3 is 12.1 Å². The van der Waals surface area contributed by atoms with Crippen LogP contribution in [-0.4, -0.2) is 28.4 Å². The quantitative estimate of drug-likeness (QED) is 0.865. The maximum absolute atomic E-state index is 11.7. The smallest absolute Gasteiger partial charge is 0.346 e. The fourth-order valence-electron chi connectivity index (χ4n) is 0.845. The summed E-state index contributed by atoms with van der Waals surface area (Å²) >= 11 is 5.52. The van der Waals surface area contributed by atoms with Gasteiger partial charge in [-0.05, 0) is 0 Å². The van der Waals surface area contributed by atoms with E-state index < -0.39 is 12.1 Å². The minimum atomic E-state index is -4.85. The van der Waals surface area contributed by atoms with Crippen molar-refractivity contribution in [1.82, 2.24) is 15.1 Å². The van der Waals surface area contributed by atoms with Gasteiger partial charge in [-0.15, -0.1) is 0 Å². The topological polar surface area (TPSA) is 46.9 Å². The molecular formula is C7H7ClF3N3O. The Hall–Kier alpha value is -1.24. The molecule has 0 atom stereocenters. The fourth-order valence-corrected chi connectivity index (χ4v) is 1.00. The van der Waals surface area contributed by atoms with Crippen LogP contribution < -0.4 is 5.32 Å². The maximum Gasteiger partial charge on any atom is 0.471 e. The standard InChI is InChI=1S/C7H7ClF3N3O/c8-5-3-13-14(4-5)2-1-12-6(15)7(9,10)11/h3-4H,1-2H2,(H,12,15). The first-order valence-electron chi connectivity index (χ1n) is 3.92. The number of nitrogens with zero attached hydrogens (tertiary/aromatic N) is 2. The molecule has 0 aliphatic heterocycles. The summed E-state index contributed by atoms with van der Waals surface area (Å²) in [6.45, 7) is -0.0229. The van der Waals surface area contributed by atoms with Gasteiger partial charge in [0, 0.05) is 12.7 Å². The molecule has 0 spiro atoms. The molecule has 1 amide bonds. The van der Waals surface area contributed by atoms with Crippen molar-refractivity contribution in [3.8, 4) is 0 Å². The van der Waals surface area contributed by atoms with Crippen molar-refractivity contribution < 1.29 is 18.0 Å². The molecule has 0 bridgehead atoms. The summed E-state index contributed by atoms with van der Waals surface area (Å²) in [4.78, 5) is 10.4. The molecule has 84 valence electrons. The second kappa shape index (κ2) is 4.52. The van der Waals surface area contributed by atoms with Gasteiger partial charge in [0.05, 0.1) is 17.8 Å². The average Bonchev–Trinajstić information content (AvgIpc) is 2.49. The Morgan fingerprint density at radius 1 is 1.60 bits per heavy atom. The van der Waals surface area contributed by atoms with Crippen molar-refractivity contribution in [2.24, 2.45) is 0 Å². The van der Waals surface area contributed by atoms with E-state index >= 15 is 0 Å². The van der Waals surface area contributed by atoms with E-state index in [1.165, 1.54) is 17.1 Å². The monoisotopic (exact) mass is 241 g/mol. The zero-order valence-corrected chi connectivity index (χ0v) is 8.14. The molecule has 1 aromatic rings. The van der Waals surface area contributed by atoms with E-state index in [0.717, 1.165) is 0 Å². The van der Waals surface area contributed by atoms with E-state index in [1.807, 2.05) is 0 Å². The van der Waals surface area contributed by atoms with E-state index in [9.17, 15) is 18.0 Å². The maximum atomic E-state index is 11.7. The van der Waals surface area contributed by atoms with Crippen LogP contribution in [0.3, 0.4) is 0 Å². The van der Waals surface area contributed by atoms with Crippen LogP contribution in [0.4, 0.5) is 13.2 Å². The Kier molecular flexibility index (Phi) is 3.57. The molecule has 1 rings (SSSR count). The van der Waals surface area contributed by atoms with E-state index in [0.29, 0.717) is 5.02 Å². The lowest BCUT2D eigenvalue weighted by Crippen LogP contribution is -2.38. The van der Waals surface area contributed by atoms with Crippen LogP contribution in [-0.2, 0) is 11.3 Å². The molecule has 4 nitrogen and oxygen atoms in total. The number of halogens is 4. The molecule has 8 heteroatoms. The summed E-state index contributed by atoms with van der Waals surface area (Å²) in [6, 6.07) is 0. The molecule has 0 fully saturated rings. The van der Waals surface area contributed by atoms with Gasteiger partial charge in [0.1, 0.15) is 0 Å². The summed E-state index contributed by atoms with van der Waals surface area (Å²) in [7, 11) is 0. The zero-order chi connectivity index (χ0) is 11.5. The number of aromatic nitrogens is 2. The second-order valence-electron chi connectivity index (χ2n) is 2.68. The summed E-state index contributed by atoms with van der Waals surface area (Å²) in [5.74, 6) is -1.96. The molecule has 1 N–H and O–H groups in total. The van der Waals surface area contributed by atoms with Gasteiger partial charge in [-0.1, -0.05) is 11.6 Å². The lowest BCUT2D eigenvalue weighted by Gasteiger charge is -2.07. The highest BCUT2D eigenvalue weighted by Gasteiger charge is 2.38. The zero-order valence-electron chi connectivity index (χ0n) is 7.38. The Morgan fingerprint density at radius 3 is 2.73 bits per heavy atom. The number of alkyl halides is 3. The molecule has 0 aromatic carbocycles. The van der Waals surface area contributed by atoms with E-state index in [-0.39, 0.29) is 13.1 Å². The summed E-state index contributed by atoms with van der Waals surface area (Å²) in [5.41, 5.74) is 0. The van der Waals surface area contributed by atoms with Crippen LogP contribution in [0.5, 0.6) is 0 Å². The van der Waals surface area contributed by atoms with E-state index in [4.69, 9.17) is 11.6 Å². The SMILES string of the molecule is O=C(NCCn1cc(Cl)cn1)C(F)(F)F. The van der Waals surface area contributed by atoms with E-state index in [1.54, 1.807) is 5.32 Å². The third kappa shape index (κ3) is 3.78. The van der Waals surface area contributed by atoms with Gasteiger partial charge < -0.3 is 5.32 Å². The Bertz CT molecular complexity index is 349. The number of hydrogen-bond donors (Lipinski definition) is 1. The molecular weight excluding hydrogens is 235 g/mol. The molecule has 0 saturated heterocycles. The Labute approximate surface area is 88.0 Å². The number of rotatable bonds is 3. The van der Waals surface area contributed by atoms with Gasteiger partial charge in [0.2, 0.25) is 0 Å². The minimum absolute atomic E-state index is 0.133. The van der Waals surface area contributed by atoms with Crippen molar-refractivity contribution in [2.75, 3.05) is 6.54 Å². The van der Waals surface area contributed by atoms with Crippen molar-refractivity contribution in [3.63, 3.8) is 0 Å². The fraction of sp³-hybridized carbons (Fsp3) is 0.429. The third-order valence-corrected chi connectivity index (χ3v) is 1.68. The first-order chi connectivity index (χ1) is 6.89. The van der Waals surface area contributed by atoms with Crippen LogP contribution in [0.25, 0.3) is 0 Å². The van der Waals surface area contributed by atoms with E-state index in [2.05, 4.69) is 5.10 Å². The first kappa shape index (κ1) is 11.8. The number of nitrogens with one attached hydrogen (secondary N) is 1. The van der Waals surface area contributed by atoms with Gasteiger partial charge in [0.15, 0.2) is 0 Å². The summed E-state index contributed by atoms with van der Waals surface area (Å²) in [5, 5.41) is 5.83. The highest BCUT2D eigenvalue weighted by atomic mass is 35.5. The van der Waals surface area contributed by atoms with Crippen LogP contribution in [0, 0.1) is 0 Å². The molecule has 0 aliphatic carbocycles. The number of hydrogen-bond acceptors (Lipinski definition) is 2. The molecule has 0 unspecified atom stereocenters. The lowest BCUT2D eigenvalue weighted by molar-refractivity contribution is -0.173. The first-order valence-corrected chi connectivity index (χ1v) is 4.30. The minimum Gasteiger partial charge on any atom is -0.346 e. The largest absolute Gasteiger partial charge is 0.471 e. The van der Waals surface area contributed by atoms with Crippen LogP contribution in [0.1, 0.15) is 0 Å². The van der Waals surface area contributed by atoms with Crippen molar-refractivity contribution in [3.05, 3.63) is 17.4 Å². The average molecular weight is 242 g/mol. The molecule has 1 heterocycles. The number of amides is 1. The number of carbonyl (C=O) groups excluding carboxylic acids is 1. The normalized spacial score (nSPS) is 11.5. The Balaban J connectivity index is 2.31. The van der Waals surface area contributed by atoms with Gasteiger partial charge in [-0.2, -0.15) is 18.3 Å². The molecule has 15 heavy (non-hydrogen) atoms. The second-order valence-corrected chi connectivity index (χ2v) is 3.11. The van der Waals surface area contributed by atoms with Crippen molar-refractivity contribution in [2.45, 2.75) is 12.7 Å². The third-order valence-electron chi connectivity index (χ3n) is 1.49. The van der Waals surface area contributed by atoms with Crippen LogP contribution in [0.15, 0.2) is 12.4 Å². The summed E-state index contributed by atoms with van der Waals surface area (Å²) < 4.78 is 36.5. The molecule has 1 aromatic heterocycles. The highest BCUT2D eigenvalue weighted by Crippen LogP contribution is 2.13. The van der Waals surface area contributed by atoms with Crippen molar-refractivity contribution >= 4 is 17.5 Å². The van der Waals surface area contributed by atoms with Crippen LogP contribution >= 0.6 is 11.6 Å². The molecule has 0 aliphatic rings. The predicted octanol–water partition coefficient (Wildman–Crippen LogP) is 1.21. The Morgan fingerprint density at radius 2 is 2.27 bits per heavy atom. The predicted molar refractivity (Wildman–Crippen MR) is 46.3 cm³/mol. The van der Waals surface area contributed by atoms with Gasteiger partial charge in [-0.25, -0.2) is 0 Å². The highest BCUT2D eigenvalue weighted by molar-refractivity contribution is 6.30. The lowest BCUT2D eigenvalue weighted by atomic mass is 10.5. The van der Waals surface area contributed by atoms with Crippen LogP contribution in [0.2, 0.25) is 5.02 Å². The molecule has 0 radical (unpaired) electrons. The summed E-state index contributed by atoms with van der Waals surface area (Å²) in [6.07, 6.45) is -2.05.